The van der Waals surface area contributed by atoms with Crippen molar-refractivity contribution in [3.8, 4) is 0 Å². The number of hydrogen-bond donors (Lipinski definition) is 1. The quantitative estimate of drug-likeness (QED) is 0.812. The van der Waals surface area contributed by atoms with Crippen LogP contribution in [0.25, 0.3) is 0 Å². The maximum Gasteiger partial charge on any atom is 0.314 e. The molecule has 26 heavy (non-hydrogen) atoms. The maximum atomic E-state index is 11.3. The summed E-state index contributed by atoms with van der Waals surface area (Å²) in [5, 5.41) is 0. The smallest absolute Gasteiger partial charge is 0.314 e. The lowest BCUT2D eigenvalue weighted by Crippen LogP contribution is -2.52. The molecule has 3 heterocycles. The Kier molecular flexibility index (Phi) is 4.80. The minimum atomic E-state index is -0.280. The van der Waals surface area contributed by atoms with Crippen molar-refractivity contribution >= 4 is 12.0 Å². The van der Waals surface area contributed by atoms with E-state index in [9.17, 15) is 4.79 Å². The van der Waals surface area contributed by atoms with E-state index in [1.807, 2.05) is 18.5 Å². The number of piperazine rings is 1. The van der Waals surface area contributed by atoms with Gasteiger partial charge in [0.2, 0.25) is 5.95 Å². The molecule has 1 aromatic rings. The van der Waals surface area contributed by atoms with Crippen molar-refractivity contribution in [1.82, 2.24) is 19.8 Å². The van der Waals surface area contributed by atoms with E-state index in [1.54, 1.807) is 4.90 Å². The van der Waals surface area contributed by atoms with Crippen molar-refractivity contribution in [2.75, 3.05) is 44.2 Å². The van der Waals surface area contributed by atoms with Crippen LogP contribution in [-0.2, 0) is 0 Å². The molecule has 4 rings (SSSR count). The average molecular weight is 356 g/mol. The Morgan fingerprint density at radius 1 is 1.04 bits per heavy atom. The van der Waals surface area contributed by atoms with Gasteiger partial charge in [-0.1, -0.05) is 12.2 Å². The van der Waals surface area contributed by atoms with Gasteiger partial charge in [0, 0.05) is 57.7 Å². The largest absolute Gasteiger partial charge is 0.351 e. The summed E-state index contributed by atoms with van der Waals surface area (Å²) in [5.74, 6) is 0.839. The molecule has 1 aromatic heterocycles. The van der Waals surface area contributed by atoms with Gasteiger partial charge in [-0.2, -0.15) is 0 Å². The summed E-state index contributed by atoms with van der Waals surface area (Å²) in [5.41, 5.74) is 5.69. The molecule has 2 fully saturated rings. The third kappa shape index (κ3) is 3.53. The molecule has 2 N–H and O–H groups in total. The monoisotopic (exact) mass is 356 g/mol. The molecule has 0 saturated carbocycles. The first kappa shape index (κ1) is 17.3. The molecule has 0 radical (unpaired) electrons. The lowest BCUT2D eigenvalue weighted by molar-refractivity contribution is 0.121. The Morgan fingerprint density at radius 2 is 1.73 bits per heavy atom. The van der Waals surface area contributed by atoms with Crippen LogP contribution in [0.4, 0.5) is 10.7 Å². The zero-order valence-electron chi connectivity index (χ0n) is 15.3. The number of amides is 2. The van der Waals surface area contributed by atoms with Crippen LogP contribution in [0, 0.1) is 5.41 Å². The summed E-state index contributed by atoms with van der Waals surface area (Å²) in [6, 6.07) is 2.11. The number of carbonyl (C=O) groups is 1. The molecular weight excluding hydrogens is 328 g/mol. The lowest BCUT2D eigenvalue weighted by Gasteiger charge is -2.45. The van der Waals surface area contributed by atoms with E-state index < -0.39 is 0 Å². The highest BCUT2D eigenvalue weighted by Crippen LogP contribution is 2.41. The molecule has 2 amide bonds. The second-order valence-electron chi connectivity index (χ2n) is 7.72. The molecule has 7 heteroatoms. The number of carbonyl (C=O) groups excluding carboxylic acids is 1. The highest BCUT2D eigenvalue weighted by molar-refractivity contribution is 5.72. The zero-order chi connectivity index (χ0) is 18.0. The summed E-state index contributed by atoms with van der Waals surface area (Å²) >= 11 is 0. The van der Waals surface area contributed by atoms with Crippen molar-refractivity contribution in [1.29, 1.82) is 0 Å². The predicted octanol–water partition coefficient (Wildman–Crippen LogP) is 1.48. The van der Waals surface area contributed by atoms with Crippen LogP contribution in [0.2, 0.25) is 0 Å². The highest BCUT2D eigenvalue weighted by atomic mass is 16.2. The molecule has 1 spiro atoms. The van der Waals surface area contributed by atoms with E-state index >= 15 is 0 Å². The first-order valence-corrected chi connectivity index (χ1v) is 9.65. The Hall–Kier alpha value is -2.15. The molecule has 2 saturated heterocycles. The van der Waals surface area contributed by atoms with Crippen LogP contribution < -0.4 is 10.6 Å². The van der Waals surface area contributed by atoms with Crippen molar-refractivity contribution in [2.24, 2.45) is 11.1 Å². The normalized spacial score (nSPS) is 26.2. The van der Waals surface area contributed by atoms with Crippen molar-refractivity contribution < 1.29 is 4.79 Å². The summed E-state index contributed by atoms with van der Waals surface area (Å²) < 4.78 is 0. The van der Waals surface area contributed by atoms with Crippen LogP contribution in [0.5, 0.6) is 0 Å². The fourth-order valence-electron chi connectivity index (χ4n) is 4.53. The topological polar surface area (TPSA) is 78.6 Å². The third-order valence-electron chi connectivity index (χ3n) is 6.30. The summed E-state index contributed by atoms with van der Waals surface area (Å²) in [7, 11) is 0. The van der Waals surface area contributed by atoms with Gasteiger partial charge in [0.25, 0.3) is 0 Å². The molecule has 140 valence electrons. The summed E-state index contributed by atoms with van der Waals surface area (Å²) in [6.45, 7) is 5.64. The van der Waals surface area contributed by atoms with E-state index in [4.69, 9.17) is 5.73 Å². The Bertz CT molecular complexity index is 647. The number of urea groups is 1. The average Bonchev–Trinajstić information content (AvgIpc) is 2.70. The number of allylic oxidation sites excluding steroid dienone is 1. The van der Waals surface area contributed by atoms with Crippen molar-refractivity contribution in [2.45, 2.75) is 31.7 Å². The van der Waals surface area contributed by atoms with Crippen LogP contribution in [-0.4, -0.2) is 71.1 Å². The SMILES string of the molecule is NC(=O)N1CCC2(C=CC(N3CCN(c4ncccn4)CC3)CC2)CC1. The molecule has 1 unspecified atom stereocenters. The number of rotatable bonds is 2. The number of primary amides is 1. The van der Waals surface area contributed by atoms with E-state index in [0.717, 1.165) is 58.1 Å². The van der Waals surface area contributed by atoms with Crippen LogP contribution >= 0.6 is 0 Å². The molecule has 0 aromatic carbocycles. The van der Waals surface area contributed by atoms with Gasteiger partial charge in [-0.15, -0.1) is 0 Å². The number of aromatic nitrogens is 2. The Morgan fingerprint density at radius 3 is 2.31 bits per heavy atom. The van der Waals surface area contributed by atoms with Gasteiger partial charge in [0.05, 0.1) is 0 Å². The number of likely N-dealkylation sites (tertiary alicyclic amines) is 1. The van der Waals surface area contributed by atoms with Gasteiger partial charge >= 0.3 is 6.03 Å². The number of nitrogens with zero attached hydrogens (tertiary/aromatic N) is 5. The van der Waals surface area contributed by atoms with E-state index in [-0.39, 0.29) is 11.4 Å². The van der Waals surface area contributed by atoms with Gasteiger partial charge in [-0.05, 0) is 37.2 Å². The maximum absolute atomic E-state index is 11.3. The van der Waals surface area contributed by atoms with E-state index in [0.29, 0.717) is 6.04 Å². The van der Waals surface area contributed by atoms with Gasteiger partial charge in [-0.25, -0.2) is 14.8 Å². The predicted molar refractivity (Wildman–Crippen MR) is 101 cm³/mol. The Labute approximate surface area is 154 Å². The van der Waals surface area contributed by atoms with Crippen molar-refractivity contribution in [3.63, 3.8) is 0 Å². The number of piperidine rings is 1. The van der Waals surface area contributed by atoms with Gasteiger partial charge in [0.1, 0.15) is 0 Å². The Balaban J connectivity index is 1.31. The summed E-state index contributed by atoms with van der Waals surface area (Å²) in [6.07, 6.45) is 13.0. The van der Waals surface area contributed by atoms with Gasteiger partial charge in [-0.3, -0.25) is 4.90 Å². The fraction of sp³-hybridized carbons (Fsp3) is 0.632. The number of anilines is 1. The van der Waals surface area contributed by atoms with E-state index in [1.165, 1.54) is 12.8 Å². The molecule has 7 nitrogen and oxygen atoms in total. The van der Waals surface area contributed by atoms with Gasteiger partial charge < -0.3 is 15.5 Å². The molecule has 3 aliphatic rings. The second kappa shape index (κ2) is 7.23. The molecule has 2 aliphatic heterocycles. The van der Waals surface area contributed by atoms with Crippen LogP contribution in [0.1, 0.15) is 25.7 Å². The molecule has 0 bridgehead atoms. The lowest BCUT2D eigenvalue weighted by atomic mass is 9.71. The third-order valence-corrected chi connectivity index (χ3v) is 6.30. The van der Waals surface area contributed by atoms with Crippen molar-refractivity contribution in [3.05, 3.63) is 30.6 Å². The fourth-order valence-corrected chi connectivity index (χ4v) is 4.53. The molecule has 1 atom stereocenters. The standard InChI is InChI=1S/C19H28N6O/c20-17(26)24-10-6-19(7-11-24)4-2-16(3-5-19)23-12-14-25(15-13-23)18-21-8-1-9-22-18/h1-2,4,8-9,16H,3,5-7,10-15H2,(H2,20,26). The molecule has 1 aliphatic carbocycles. The zero-order valence-corrected chi connectivity index (χ0v) is 15.3. The first-order chi connectivity index (χ1) is 12.7. The minimum Gasteiger partial charge on any atom is -0.351 e. The highest BCUT2D eigenvalue weighted by Gasteiger charge is 2.37. The summed E-state index contributed by atoms with van der Waals surface area (Å²) in [4.78, 5) is 26.7. The number of nitrogens with two attached hydrogens (primary N) is 1. The second-order valence-corrected chi connectivity index (χ2v) is 7.72. The van der Waals surface area contributed by atoms with Gasteiger partial charge in [0.15, 0.2) is 0 Å². The minimum absolute atomic E-state index is 0.280. The van der Waals surface area contributed by atoms with Crippen LogP contribution in [0.3, 0.4) is 0 Å². The number of hydrogen-bond acceptors (Lipinski definition) is 5. The first-order valence-electron chi connectivity index (χ1n) is 9.65. The molecular formula is C19H28N6O. The van der Waals surface area contributed by atoms with Crippen LogP contribution in [0.15, 0.2) is 30.6 Å². The van der Waals surface area contributed by atoms with E-state index in [2.05, 4.69) is 31.9 Å².